The molecule has 2 aromatic carbocycles. The molecule has 28 heavy (non-hydrogen) atoms. The van der Waals surface area contributed by atoms with Gasteiger partial charge in [-0.1, -0.05) is 18.2 Å². The maximum Gasteiger partial charge on any atom is 0.279 e. The number of amides is 3. The van der Waals surface area contributed by atoms with Crippen LogP contribution in [0.4, 0.5) is 4.39 Å². The summed E-state index contributed by atoms with van der Waals surface area (Å²) in [6.45, 7) is 0.879. The predicted molar refractivity (Wildman–Crippen MR) is 97.7 cm³/mol. The molecular formula is C19H20FN3O5. The lowest BCUT2D eigenvalue weighted by Crippen LogP contribution is -2.50. The minimum absolute atomic E-state index is 0.244. The van der Waals surface area contributed by atoms with Crippen LogP contribution in [0.5, 0.6) is 11.5 Å². The first-order chi connectivity index (χ1) is 13.4. The van der Waals surface area contributed by atoms with Crippen molar-refractivity contribution < 1.29 is 28.2 Å². The first-order valence-electron chi connectivity index (χ1n) is 8.39. The monoisotopic (exact) mass is 389 g/mol. The molecule has 9 heteroatoms. The Labute approximate surface area is 161 Å². The van der Waals surface area contributed by atoms with Crippen LogP contribution < -0.4 is 25.6 Å². The van der Waals surface area contributed by atoms with Crippen molar-refractivity contribution >= 4 is 17.7 Å². The van der Waals surface area contributed by atoms with E-state index in [9.17, 15) is 18.8 Å². The zero-order chi connectivity index (χ0) is 20.4. The van der Waals surface area contributed by atoms with Crippen molar-refractivity contribution in [2.75, 3.05) is 13.2 Å². The highest BCUT2D eigenvalue weighted by Gasteiger charge is 2.15. The van der Waals surface area contributed by atoms with Crippen molar-refractivity contribution in [3.63, 3.8) is 0 Å². The summed E-state index contributed by atoms with van der Waals surface area (Å²) in [5.41, 5.74) is 4.33. The molecule has 0 aromatic heterocycles. The Morgan fingerprint density at radius 2 is 1.61 bits per heavy atom. The maximum absolute atomic E-state index is 12.8. The number of rotatable bonds is 8. The van der Waals surface area contributed by atoms with E-state index in [-0.39, 0.29) is 13.2 Å². The summed E-state index contributed by atoms with van der Waals surface area (Å²) in [5.74, 6) is -1.32. The molecule has 8 nitrogen and oxygen atoms in total. The summed E-state index contributed by atoms with van der Waals surface area (Å²) < 4.78 is 23.4. The Hall–Kier alpha value is -3.62. The van der Waals surface area contributed by atoms with E-state index in [2.05, 4.69) is 16.2 Å². The highest BCUT2D eigenvalue weighted by atomic mass is 19.1. The lowest BCUT2D eigenvalue weighted by atomic mass is 10.3. The van der Waals surface area contributed by atoms with E-state index in [4.69, 9.17) is 9.47 Å². The molecule has 0 unspecified atom stereocenters. The first kappa shape index (κ1) is 20.7. The lowest BCUT2D eigenvalue weighted by molar-refractivity contribution is -0.133. The summed E-state index contributed by atoms with van der Waals surface area (Å²) >= 11 is 0. The number of halogens is 1. The fraction of sp³-hybridized carbons (Fsp3) is 0.211. The molecule has 3 amide bonds. The van der Waals surface area contributed by atoms with Crippen molar-refractivity contribution in [3.8, 4) is 11.5 Å². The molecule has 0 saturated heterocycles. The molecule has 0 heterocycles. The number of ether oxygens (including phenoxy) is 2. The van der Waals surface area contributed by atoms with Crippen LogP contribution in [0.15, 0.2) is 54.6 Å². The van der Waals surface area contributed by atoms with Crippen molar-refractivity contribution in [1.29, 1.82) is 0 Å². The van der Waals surface area contributed by atoms with Gasteiger partial charge >= 0.3 is 0 Å². The second-order valence-electron chi connectivity index (χ2n) is 5.63. The largest absolute Gasteiger partial charge is 0.484 e. The average Bonchev–Trinajstić information content (AvgIpc) is 2.71. The number of nitrogens with one attached hydrogen (secondary N) is 3. The van der Waals surface area contributed by atoms with E-state index in [0.717, 1.165) is 0 Å². The topological polar surface area (TPSA) is 106 Å². The number of hydrogen-bond acceptors (Lipinski definition) is 5. The van der Waals surface area contributed by atoms with Crippen LogP contribution in [0.3, 0.4) is 0 Å². The molecule has 1 atom stereocenters. The van der Waals surface area contributed by atoms with Gasteiger partial charge in [0.15, 0.2) is 12.7 Å². The van der Waals surface area contributed by atoms with Crippen molar-refractivity contribution in [2.24, 2.45) is 0 Å². The van der Waals surface area contributed by atoms with E-state index in [1.54, 1.807) is 24.3 Å². The molecule has 2 rings (SSSR count). The highest BCUT2D eigenvalue weighted by molar-refractivity contribution is 5.88. The van der Waals surface area contributed by atoms with Gasteiger partial charge in [0.05, 0.1) is 6.54 Å². The smallest absolute Gasteiger partial charge is 0.279 e. The molecular weight excluding hydrogens is 369 g/mol. The summed E-state index contributed by atoms with van der Waals surface area (Å²) in [5, 5.41) is 2.36. The van der Waals surface area contributed by atoms with E-state index in [1.165, 1.54) is 31.2 Å². The zero-order valence-electron chi connectivity index (χ0n) is 15.1. The first-order valence-corrected chi connectivity index (χ1v) is 8.39. The minimum Gasteiger partial charge on any atom is -0.484 e. The van der Waals surface area contributed by atoms with Crippen LogP contribution in [0.25, 0.3) is 0 Å². The quantitative estimate of drug-likeness (QED) is 0.583. The second-order valence-corrected chi connectivity index (χ2v) is 5.63. The molecule has 0 fully saturated rings. The van der Waals surface area contributed by atoms with Crippen molar-refractivity contribution in [3.05, 3.63) is 60.4 Å². The zero-order valence-corrected chi connectivity index (χ0v) is 15.1. The van der Waals surface area contributed by atoms with Gasteiger partial charge in [-0.3, -0.25) is 25.2 Å². The van der Waals surface area contributed by atoms with Crippen LogP contribution >= 0.6 is 0 Å². The molecule has 2 aromatic rings. The van der Waals surface area contributed by atoms with Gasteiger partial charge in [-0.05, 0) is 43.3 Å². The summed E-state index contributed by atoms with van der Waals surface area (Å²) in [4.78, 5) is 35.2. The Morgan fingerprint density at radius 3 is 2.29 bits per heavy atom. The molecule has 0 bridgehead atoms. The molecule has 0 aliphatic rings. The standard InChI is InChI=1S/C19H20FN3O5/c1-13(28-16-9-7-14(20)8-10-16)19(26)23-22-17(24)11-21-18(25)12-27-15-5-3-2-4-6-15/h2-10,13H,11-12H2,1H3,(H,21,25)(H,22,24)(H,23,26)/t13-/m0/s1. The number of benzene rings is 2. The Bertz CT molecular complexity index is 799. The summed E-state index contributed by atoms with van der Waals surface area (Å²) in [7, 11) is 0. The molecule has 0 radical (unpaired) electrons. The fourth-order valence-electron chi connectivity index (χ4n) is 1.94. The SMILES string of the molecule is C[C@H](Oc1ccc(F)cc1)C(=O)NNC(=O)CNC(=O)COc1ccccc1. The number of hydrogen-bond donors (Lipinski definition) is 3. The Balaban J connectivity index is 1.63. The molecule has 0 spiro atoms. The van der Waals surface area contributed by atoms with Crippen LogP contribution in [0.1, 0.15) is 6.92 Å². The van der Waals surface area contributed by atoms with E-state index >= 15 is 0 Å². The van der Waals surface area contributed by atoms with Gasteiger partial charge < -0.3 is 14.8 Å². The van der Waals surface area contributed by atoms with Crippen LogP contribution in [-0.2, 0) is 14.4 Å². The third-order valence-corrected chi connectivity index (χ3v) is 3.38. The lowest BCUT2D eigenvalue weighted by Gasteiger charge is -2.15. The number of hydrazine groups is 1. The second kappa shape index (κ2) is 10.5. The van der Waals surface area contributed by atoms with Gasteiger partial charge in [-0.25, -0.2) is 4.39 Å². The third kappa shape index (κ3) is 7.32. The minimum atomic E-state index is -0.931. The van der Waals surface area contributed by atoms with Crippen molar-refractivity contribution in [2.45, 2.75) is 13.0 Å². The van der Waals surface area contributed by atoms with Gasteiger partial charge in [0.25, 0.3) is 17.7 Å². The fourth-order valence-corrected chi connectivity index (χ4v) is 1.94. The van der Waals surface area contributed by atoms with E-state index < -0.39 is 29.6 Å². The molecule has 3 N–H and O–H groups in total. The van der Waals surface area contributed by atoms with Gasteiger partial charge in [0.2, 0.25) is 0 Å². The van der Waals surface area contributed by atoms with E-state index in [0.29, 0.717) is 11.5 Å². The number of para-hydroxylation sites is 1. The Morgan fingerprint density at radius 1 is 0.929 bits per heavy atom. The number of carbonyl (C=O) groups excluding carboxylic acids is 3. The predicted octanol–water partition coefficient (Wildman–Crippen LogP) is 0.936. The summed E-state index contributed by atoms with van der Waals surface area (Å²) in [6.07, 6.45) is -0.931. The van der Waals surface area contributed by atoms with Crippen molar-refractivity contribution in [1.82, 2.24) is 16.2 Å². The summed E-state index contributed by atoms with van der Waals surface area (Å²) in [6, 6.07) is 13.9. The maximum atomic E-state index is 12.8. The van der Waals surface area contributed by atoms with Crippen LogP contribution in [0, 0.1) is 5.82 Å². The third-order valence-electron chi connectivity index (χ3n) is 3.38. The average molecular weight is 389 g/mol. The van der Waals surface area contributed by atoms with Gasteiger partial charge in [-0.15, -0.1) is 0 Å². The van der Waals surface area contributed by atoms with E-state index in [1.807, 2.05) is 6.07 Å². The van der Waals surface area contributed by atoms with Gasteiger partial charge in [0, 0.05) is 0 Å². The molecule has 0 aliphatic carbocycles. The normalized spacial score (nSPS) is 11.1. The van der Waals surface area contributed by atoms with Gasteiger partial charge in [0.1, 0.15) is 17.3 Å². The molecule has 0 aliphatic heterocycles. The van der Waals surface area contributed by atoms with Crippen LogP contribution in [0.2, 0.25) is 0 Å². The molecule has 0 saturated carbocycles. The Kier molecular flexibility index (Phi) is 7.77. The van der Waals surface area contributed by atoms with Crippen LogP contribution in [-0.4, -0.2) is 37.0 Å². The molecule has 148 valence electrons. The number of carbonyl (C=O) groups is 3. The van der Waals surface area contributed by atoms with Gasteiger partial charge in [-0.2, -0.15) is 0 Å². The highest BCUT2D eigenvalue weighted by Crippen LogP contribution is 2.12.